The summed E-state index contributed by atoms with van der Waals surface area (Å²) in [6.07, 6.45) is 1.71. The molecule has 1 unspecified atom stereocenters. The number of nitrogens with two attached hydrogens (primary N) is 1. The number of hydrogen-bond acceptors (Lipinski definition) is 6. The molecule has 0 amide bonds. The topological polar surface area (TPSA) is 113 Å². The van der Waals surface area contributed by atoms with E-state index >= 15 is 0 Å². The maximum atomic E-state index is 12.9. The molecule has 0 saturated carbocycles. The summed E-state index contributed by atoms with van der Waals surface area (Å²) in [6, 6.07) is 3.49. The Labute approximate surface area is 128 Å². The number of pyridine rings is 1. The molecule has 0 aliphatic carbocycles. The molecular weight excluding hydrogens is 300 g/mol. The Kier molecular flexibility index (Phi) is 2.47. The molecule has 0 fully saturated rings. The highest BCUT2D eigenvalue weighted by Crippen LogP contribution is 2.29. The highest BCUT2D eigenvalue weighted by atomic mass is 32.1. The maximum Gasteiger partial charge on any atom is 0.263 e. The predicted molar refractivity (Wildman–Crippen MR) is 82.8 cm³/mol. The standard InChI is InChI=1S/C14H12N6OS/c1-6-2-3-9-12-19(6)13(21)8-4-7(5-15)10(16)18-11(8)20(12)14(17)22-9/h4,6,17H,2-3H2,1H3,(H2,16,18). The summed E-state index contributed by atoms with van der Waals surface area (Å²) in [7, 11) is 0. The molecule has 3 aromatic rings. The summed E-state index contributed by atoms with van der Waals surface area (Å²) < 4.78 is 3.39. The highest BCUT2D eigenvalue weighted by molar-refractivity contribution is 7.09. The van der Waals surface area contributed by atoms with E-state index < -0.39 is 0 Å². The van der Waals surface area contributed by atoms with E-state index in [0.717, 1.165) is 23.4 Å². The van der Waals surface area contributed by atoms with Crippen molar-refractivity contribution in [1.82, 2.24) is 14.0 Å². The first kappa shape index (κ1) is 13.0. The fourth-order valence-corrected chi connectivity index (χ4v) is 4.07. The monoisotopic (exact) mass is 312 g/mol. The molecule has 1 aliphatic rings. The van der Waals surface area contributed by atoms with Gasteiger partial charge in [-0.05, 0) is 25.8 Å². The highest BCUT2D eigenvalue weighted by Gasteiger charge is 2.25. The van der Waals surface area contributed by atoms with E-state index in [-0.39, 0.29) is 23.0 Å². The van der Waals surface area contributed by atoms with Crippen molar-refractivity contribution < 1.29 is 0 Å². The third-order valence-electron chi connectivity index (χ3n) is 4.16. The average Bonchev–Trinajstić information content (AvgIpc) is 2.82. The van der Waals surface area contributed by atoms with E-state index in [0.29, 0.717) is 15.8 Å². The third-order valence-corrected chi connectivity index (χ3v) is 5.16. The van der Waals surface area contributed by atoms with Crippen LogP contribution in [-0.4, -0.2) is 14.0 Å². The quantitative estimate of drug-likeness (QED) is 0.648. The van der Waals surface area contributed by atoms with Gasteiger partial charge in [0.25, 0.3) is 5.56 Å². The molecule has 0 bridgehead atoms. The number of aromatic nitrogens is 3. The van der Waals surface area contributed by atoms with Gasteiger partial charge in [0.15, 0.2) is 10.4 Å². The van der Waals surface area contributed by atoms with Crippen LogP contribution in [0.25, 0.3) is 16.7 Å². The molecule has 0 spiro atoms. The third kappa shape index (κ3) is 1.46. The Bertz CT molecular complexity index is 1110. The van der Waals surface area contributed by atoms with Crippen LogP contribution in [-0.2, 0) is 6.42 Å². The van der Waals surface area contributed by atoms with Gasteiger partial charge in [-0.25, -0.2) is 4.98 Å². The molecule has 110 valence electrons. The van der Waals surface area contributed by atoms with Crippen LogP contribution in [0.2, 0.25) is 0 Å². The van der Waals surface area contributed by atoms with Gasteiger partial charge in [0.2, 0.25) is 0 Å². The number of fused-ring (bicyclic) bond motifs is 2. The van der Waals surface area contributed by atoms with Gasteiger partial charge in [-0.3, -0.25) is 19.2 Å². The lowest BCUT2D eigenvalue weighted by Crippen LogP contribution is -2.30. The minimum Gasteiger partial charge on any atom is -0.383 e. The normalized spacial score (nSPS) is 17.0. The number of anilines is 1. The number of nitrogen functional groups attached to an aromatic ring is 1. The van der Waals surface area contributed by atoms with Gasteiger partial charge in [-0.15, -0.1) is 0 Å². The van der Waals surface area contributed by atoms with Gasteiger partial charge in [-0.1, -0.05) is 11.3 Å². The minimum atomic E-state index is -0.176. The number of aryl methyl sites for hydroxylation is 1. The number of nitrogens with zero attached hydrogens (tertiary/aromatic N) is 4. The number of rotatable bonds is 0. The summed E-state index contributed by atoms with van der Waals surface area (Å²) in [4.78, 5) is 18.4. The zero-order valence-electron chi connectivity index (χ0n) is 11.8. The van der Waals surface area contributed by atoms with Gasteiger partial charge < -0.3 is 5.73 Å². The molecule has 0 aromatic carbocycles. The molecule has 3 N–H and O–H groups in total. The molecule has 4 heterocycles. The van der Waals surface area contributed by atoms with Crippen molar-refractivity contribution in [1.29, 1.82) is 10.7 Å². The molecule has 7 nitrogen and oxygen atoms in total. The lowest BCUT2D eigenvalue weighted by molar-refractivity contribution is 0.487. The Morgan fingerprint density at radius 1 is 1.59 bits per heavy atom. The summed E-state index contributed by atoms with van der Waals surface area (Å²) in [5.74, 6) is 0.0817. The van der Waals surface area contributed by atoms with E-state index in [9.17, 15) is 4.79 Å². The van der Waals surface area contributed by atoms with Gasteiger partial charge in [-0.2, -0.15) is 5.26 Å². The minimum absolute atomic E-state index is 0.0523. The average molecular weight is 312 g/mol. The van der Waals surface area contributed by atoms with E-state index in [4.69, 9.17) is 16.4 Å². The first-order valence-electron chi connectivity index (χ1n) is 6.86. The van der Waals surface area contributed by atoms with Gasteiger partial charge in [0.05, 0.1) is 10.9 Å². The summed E-state index contributed by atoms with van der Waals surface area (Å²) >= 11 is 1.36. The summed E-state index contributed by atoms with van der Waals surface area (Å²) in [6.45, 7) is 1.99. The van der Waals surface area contributed by atoms with E-state index in [1.165, 1.54) is 17.4 Å². The van der Waals surface area contributed by atoms with E-state index in [2.05, 4.69) is 4.98 Å². The van der Waals surface area contributed by atoms with Gasteiger partial charge in [0.1, 0.15) is 17.5 Å². The summed E-state index contributed by atoms with van der Waals surface area (Å²) in [5, 5.41) is 17.7. The first-order chi connectivity index (χ1) is 10.5. The molecule has 22 heavy (non-hydrogen) atoms. The van der Waals surface area contributed by atoms with Crippen LogP contribution in [0.1, 0.15) is 29.8 Å². The molecule has 3 aromatic heterocycles. The Morgan fingerprint density at radius 3 is 3.09 bits per heavy atom. The van der Waals surface area contributed by atoms with E-state index in [1.54, 1.807) is 8.97 Å². The van der Waals surface area contributed by atoms with Crippen LogP contribution in [0.15, 0.2) is 10.9 Å². The molecular formula is C14H12N6OS. The smallest absolute Gasteiger partial charge is 0.263 e. The Balaban J connectivity index is 2.37. The van der Waals surface area contributed by atoms with Crippen molar-refractivity contribution in [2.45, 2.75) is 25.8 Å². The second-order valence-electron chi connectivity index (χ2n) is 5.46. The Morgan fingerprint density at radius 2 is 2.36 bits per heavy atom. The second-order valence-corrected chi connectivity index (χ2v) is 6.54. The zero-order valence-corrected chi connectivity index (χ0v) is 12.6. The molecule has 1 atom stereocenters. The second kappa shape index (κ2) is 4.18. The van der Waals surface area contributed by atoms with Gasteiger partial charge >= 0.3 is 0 Å². The van der Waals surface area contributed by atoms with Crippen molar-refractivity contribution in [3.05, 3.63) is 31.7 Å². The lowest BCUT2D eigenvalue weighted by atomic mass is 10.1. The van der Waals surface area contributed by atoms with Crippen molar-refractivity contribution >= 4 is 33.8 Å². The summed E-state index contributed by atoms with van der Waals surface area (Å²) in [5.41, 5.74) is 6.90. The molecule has 4 rings (SSSR count). The fraction of sp³-hybridized carbons (Fsp3) is 0.286. The number of nitrogens with one attached hydrogen (secondary N) is 1. The van der Waals surface area contributed by atoms with Crippen LogP contribution in [0, 0.1) is 16.7 Å². The molecule has 0 saturated heterocycles. The number of nitriles is 1. The van der Waals surface area contributed by atoms with Crippen LogP contribution in [0.5, 0.6) is 0 Å². The van der Waals surface area contributed by atoms with Crippen molar-refractivity contribution in [3.8, 4) is 6.07 Å². The van der Waals surface area contributed by atoms with Crippen LogP contribution < -0.4 is 16.1 Å². The largest absolute Gasteiger partial charge is 0.383 e. The van der Waals surface area contributed by atoms with Crippen molar-refractivity contribution in [2.24, 2.45) is 0 Å². The predicted octanol–water partition coefficient (Wildman–Crippen LogP) is 1.15. The zero-order chi connectivity index (χ0) is 15.6. The SMILES string of the molecule is CC1CCc2sc(=N)n3c4nc(N)c(C#N)cc4c(=O)n1c23. The number of hydrogen-bond donors (Lipinski definition) is 2. The van der Waals surface area contributed by atoms with Crippen molar-refractivity contribution in [2.75, 3.05) is 5.73 Å². The van der Waals surface area contributed by atoms with Gasteiger partial charge in [0, 0.05) is 10.9 Å². The van der Waals surface area contributed by atoms with Crippen LogP contribution in [0.3, 0.4) is 0 Å². The maximum absolute atomic E-state index is 12.9. The fourth-order valence-electron chi connectivity index (χ4n) is 3.07. The lowest BCUT2D eigenvalue weighted by Gasteiger charge is -2.22. The van der Waals surface area contributed by atoms with Crippen LogP contribution >= 0.6 is 11.3 Å². The number of thiazole rings is 1. The molecule has 0 radical (unpaired) electrons. The molecule has 8 heteroatoms. The van der Waals surface area contributed by atoms with Crippen LogP contribution in [0.4, 0.5) is 5.82 Å². The molecule has 1 aliphatic heterocycles. The van der Waals surface area contributed by atoms with Crippen molar-refractivity contribution in [3.63, 3.8) is 0 Å². The first-order valence-corrected chi connectivity index (χ1v) is 7.68. The van der Waals surface area contributed by atoms with E-state index in [1.807, 2.05) is 13.0 Å². The Hall–Kier alpha value is -2.66.